The van der Waals surface area contributed by atoms with Gasteiger partial charge >= 0.3 is 12.1 Å². The van der Waals surface area contributed by atoms with Gasteiger partial charge in [-0.3, -0.25) is 0 Å². The first kappa shape index (κ1) is 22.6. The number of nitrogens with zero attached hydrogens (tertiary/aromatic N) is 2. The Kier molecular flexibility index (Phi) is 6.51. The van der Waals surface area contributed by atoms with Crippen molar-refractivity contribution in [2.45, 2.75) is 52.2 Å². The zero-order valence-corrected chi connectivity index (χ0v) is 18.2. The number of ether oxygens (including phenoxy) is 2. The van der Waals surface area contributed by atoms with Gasteiger partial charge in [-0.25, -0.2) is 18.8 Å². The maximum Gasteiger partial charge on any atom is 0.410 e. The molecule has 166 valence electrons. The minimum absolute atomic E-state index is 0.0972. The molecule has 0 unspecified atom stereocenters. The number of esters is 1. The van der Waals surface area contributed by atoms with Gasteiger partial charge in [0, 0.05) is 24.7 Å². The fraction of sp³-hybridized carbons (Fsp3) is 0.478. The van der Waals surface area contributed by atoms with Gasteiger partial charge in [-0.2, -0.15) is 0 Å². The molecular formula is C23H27FN2O5. The minimum atomic E-state index is -0.582. The van der Waals surface area contributed by atoms with E-state index in [1.807, 2.05) is 20.8 Å². The Morgan fingerprint density at radius 2 is 1.90 bits per heavy atom. The van der Waals surface area contributed by atoms with Crippen molar-refractivity contribution in [1.29, 1.82) is 0 Å². The third-order valence-electron chi connectivity index (χ3n) is 5.12. The van der Waals surface area contributed by atoms with Crippen molar-refractivity contribution in [3.05, 3.63) is 41.4 Å². The van der Waals surface area contributed by atoms with Crippen LogP contribution in [0.5, 0.6) is 0 Å². The second kappa shape index (κ2) is 8.94. The summed E-state index contributed by atoms with van der Waals surface area (Å²) in [4.78, 5) is 40.0. The molecule has 1 amide bonds. The molecule has 0 aliphatic carbocycles. The Bertz CT molecular complexity index is 951. The van der Waals surface area contributed by atoms with Crippen molar-refractivity contribution < 1.29 is 28.2 Å². The van der Waals surface area contributed by atoms with Crippen LogP contribution < -0.4 is 4.90 Å². The standard InChI is InChI=1S/C23H27FN2O5/c1-5-30-21(28)20-12-15(14-27)18-13-16(24)6-7-19(18)26(20)17-8-10-25(11-9-17)22(29)31-23(2,3)4/h6-7,12-13,17H,5,8-11H2,1-4H3. The molecule has 0 saturated carbocycles. The molecule has 1 fully saturated rings. The van der Waals surface area contributed by atoms with E-state index in [0.717, 1.165) is 0 Å². The van der Waals surface area contributed by atoms with Gasteiger partial charge in [-0.15, -0.1) is 0 Å². The predicted octanol–water partition coefficient (Wildman–Crippen LogP) is 3.71. The molecule has 1 aromatic rings. The van der Waals surface area contributed by atoms with Gasteiger partial charge in [0.1, 0.15) is 23.1 Å². The SMILES string of the molecule is CCOC(=O)C1=CC(=C=O)c2cc(F)ccc2N1C1CCN(C(=O)OC(C)(C)C)CC1. The lowest BCUT2D eigenvalue weighted by atomic mass is 9.93. The second-order valence-corrected chi connectivity index (χ2v) is 8.50. The van der Waals surface area contributed by atoms with Crippen molar-refractivity contribution >= 4 is 29.3 Å². The van der Waals surface area contributed by atoms with E-state index >= 15 is 0 Å². The monoisotopic (exact) mass is 430 g/mol. The van der Waals surface area contributed by atoms with Crippen molar-refractivity contribution in [3.63, 3.8) is 0 Å². The number of benzene rings is 1. The highest BCUT2D eigenvalue weighted by molar-refractivity contribution is 6.07. The lowest BCUT2D eigenvalue weighted by molar-refractivity contribution is -0.138. The zero-order valence-electron chi connectivity index (χ0n) is 18.2. The van der Waals surface area contributed by atoms with Gasteiger partial charge in [0.2, 0.25) is 0 Å². The third kappa shape index (κ3) is 4.97. The Balaban J connectivity index is 1.90. The Morgan fingerprint density at radius 1 is 1.23 bits per heavy atom. The summed E-state index contributed by atoms with van der Waals surface area (Å²) in [6.45, 7) is 8.21. The van der Waals surface area contributed by atoms with E-state index in [1.54, 1.807) is 28.7 Å². The number of allylic oxidation sites excluding steroid dienone is 2. The van der Waals surface area contributed by atoms with E-state index in [-0.39, 0.29) is 30.0 Å². The smallest absolute Gasteiger partial charge is 0.410 e. The van der Waals surface area contributed by atoms with Crippen LogP contribution in [0.15, 0.2) is 30.0 Å². The normalized spacial score (nSPS) is 16.9. The lowest BCUT2D eigenvalue weighted by Crippen LogP contribution is -2.49. The van der Waals surface area contributed by atoms with Gasteiger partial charge in [0.25, 0.3) is 0 Å². The average Bonchev–Trinajstić information content (AvgIpc) is 2.71. The summed E-state index contributed by atoms with van der Waals surface area (Å²) in [6, 6.07) is 3.95. The largest absolute Gasteiger partial charge is 0.461 e. The van der Waals surface area contributed by atoms with Crippen LogP contribution in [0.1, 0.15) is 46.1 Å². The first-order chi connectivity index (χ1) is 14.6. The number of halogens is 1. The first-order valence-electron chi connectivity index (χ1n) is 10.4. The highest BCUT2D eigenvalue weighted by Gasteiger charge is 2.36. The molecular weight excluding hydrogens is 403 g/mol. The Hall–Kier alpha value is -3.12. The first-order valence-corrected chi connectivity index (χ1v) is 10.4. The number of piperidine rings is 1. The van der Waals surface area contributed by atoms with Crippen molar-refractivity contribution in [2.24, 2.45) is 0 Å². The molecule has 3 rings (SSSR count). The molecule has 0 atom stereocenters. The van der Waals surface area contributed by atoms with Crippen LogP contribution in [0.25, 0.3) is 5.57 Å². The summed E-state index contributed by atoms with van der Waals surface area (Å²) in [5.41, 5.74) is 0.634. The quantitative estimate of drug-likeness (QED) is 0.538. The topological polar surface area (TPSA) is 76.2 Å². The fourth-order valence-corrected chi connectivity index (χ4v) is 3.82. The minimum Gasteiger partial charge on any atom is -0.461 e. The zero-order chi connectivity index (χ0) is 22.8. The summed E-state index contributed by atoms with van der Waals surface area (Å²) in [5.74, 6) is 0.745. The number of hydrogen-bond acceptors (Lipinski definition) is 6. The molecule has 0 radical (unpaired) electrons. The number of likely N-dealkylation sites (tertiary alicyclic amines) is 1. The fourth-order valence-electron chi connectivity index (χ4n) is 3.82. The lowest BCUT2D eigenvalue weighted by Gasteiger charge is -2.42. The molecule has 31 heavy (non-hydrogen) atoms. The number of rotatable bonds is 3. The Labute approximate surface area is 181 Å². The van der Waals surface area contributed by atoms with Crippen LogP contribution in [0.3, 0.4) is 0 Å². The van der Waals surface area contributed by atoms with E-state index in [2.05, 4.69) is 0 Å². The maximum absolute atomic E-state index is 13.9. The van der Waals surface area contributed by atoms with Crippen molar-refractivity contribution in [3.8, 4) is 0 Å². The van der Waals surface area contributed by atoms with Crippen LogP contribution in [-0.4, -0.2) is 54.2 Å². The Morgan fingerprint density at radius 3 is 2.48 bits per heavy atom. The summed E-state index contributed by atoms with van der Waals surface area (Å²) in [5, 5.41) is 0. The highest BCUT2D eigenvalue weighted by atomic mass is 19.1. The maximum atomic E-state index is 13.9. The number of fused-ring (bicyclic) bond motifs is 1. The molecule has 0 N–H and O–H groups in total. The number of carbonyl (C=O) groups excluding carboxylic acids is 3. The van der Waals surface area contributed by atoms with Crippen molar-refractivity contribution in [1.82, 2.24) is 4.90 Å². The van der Waals surface area contributed by atoms with Gasteiger partial charge in [-0.1, -0.05) is 0 Å². The molecule has 0 aromatic heterocycles. The van der Waals surface area contributed by atoms with Gasteiger partial charge < -0.3 is 19.3 Å². The molecule has 2 heterocycles. The number of hydrogen-bond donors (Lipinski definition) is 0. The van der Waals surface area contributed by atoms with Crippen molar-refractivity contribution in [2.75, 3.05) is 24.6 Å². The van der Waals surface area contributed by atoms with E-state index in [1.165, 1.54) is 18.2 Å². The number of amides is 1. The van der Waals surface area contributed by atoms with Crippen LogP contribution in [0.2, 0.25) is 0 Å². The molecule has 0 bridgehead atoms. The molecule has 2 aliphatic rings. The summed E-state index contributed by atoms with van der Waals surface area (Å²) in [6.07, 6.45) is 2.15. The predicted molar refractivity (Wildman–Crippen MR) is 114 cm³/mol. The van der Waals surface area contributed by atoms with Crippen LogP contribution in [0.4, 0.5) is 14.9 Å². The van der Waals surface area contributed by atoms with Gasteiger partial charge in [0.15, 0.2) is 0 Å². The molecule has 7 nitrogen and oxygen atoms in total. The van der Waals surface area contributed by atoms with E-state index in [0.29, 0.717) is 37.2 Å². The molecule has 0 spiro atoms. The van der Waals surface area contributed by atoms with Gasteiger partial charge in [-0.05, 0) is 64.8 Å². The summed E-state index contributed by atoms with van der Waals surface area (Å²) >= 11 is 0. The second-order valence-electron chi connectivity index (χ2n) is 8.50. The van der Waals surface area contributed by atoms with Crippen LogP contribution in [0, 0.1) is 5.82 Å². The van der Waals surface area contributed by atoms with Crippen LogP contribution >= 0.6 is 0 Å². The molecule has 1 saturated heterocycles. The van der Waals surface area contributed by atoms with Crippen LogP contribution in [-0.2, 0) is 19.1 Å². The number of anilines is 1. The van der Waals surface area contributed by atoms with E-state index in [9.17, 15) is 18.8 Å². The summed E-state index contributed by atoms with van der Waals surface area (Å²) in [7, 11) is 0. The molecule has 2 aliphatic heterocycles. The molecule has 8 heteroatoms. The van der Waals surface area contributed by atoms with E-state index in [4.69, 9.17) is 9.47 Å². The highest BCUT2D eigenvalue weighted by Crippen LogP contribution is 2.39. The average molecular weight is 430 g/mol. The number of carbonyl (C=O) groups is 2. The molecule has 1 aromatic carbocycles. The summed E-state index contributed by atoms with van der Waals surface area (Å²) < 4.78 is 24.5. The van der Waals surface area contributed by atoms with Gasteiger partial charge in [0.05, 0.1) is 17.9 Å². The third-order valence-corrected chi connectivity index (χ3v) is 5.12. The van der Waals surface area contributed by atoms with E-state index < -0.39 is 17.4 Å².